The summed E-state index contributed by atoms with van der Waals surface area (Å²) in [5, 5.41) is 1.40. The van der Waals surface area contributed by atoms with Crippen molar-refractivity contribution >= 4 is 19.3 Å². The lowest BCUT2D eigenvalue weighted by atomic mass is 9.44. The Morgan fingerprint density at radius 2 is 1.75 bits per heavy atom. The van der Waals surface area contributed by atoms with Crippen LogP contribution in [0.3, 0.4) is 0 Å². The molecule has 4 aliphatic rings. The largest absolute Gasteiger partial charge is 0.410 e. The van der Waals surface area contributed by atoms with Crippen molar-refractivity contribution in [3.63, 3.8) is 0 Å². The van der Waals surface area contributed by atoms with E-state index in [1.54, 1.807) is 5.57 Å². The summed E-state index contributed by atoms with van der Waals surface area (Å²) in [7, 11) is -2.02. The summed E-state index contributed by atoms with van der Waals surface area (Å²) in [6.45, 7) is 11.9. The van der Waals surface area contributed by atoms with Crippen LogP contribution in [0, 0.1) is 34.5 Å². The fourth-order valence-electron chi connectivity index (χ4n) is 8.57. The molecule has 4 aliphatic carbocycles. The normalized spacial score (nSPS) is 43.0. The van der Waals surface area contributed by atoms with Crippen molar-refractivity contribution in [2.24, 2.45) is 34.5 Å². The van der Waals surface area contributed by atoms with Crippen LogP contribution in [-0.2, 0) is 9.22 Å². The number of benzene rings is 1. The Kier molecular flexibility index (Phi) is 5.61. The molecule has 4 saturated carbocycles. The second kappa shape index (κ2) is 7.94. The molecule has 32 heavy (non-hydrogen) atoms. The average Bonchev–Trinajstić information content (AvgIpc) is 3.09. The molecule has 1 aromatic rings. The number of carbonyl (C=O) groups excluding carboxylic acids is 1. The SMILES string of the molecule is C/C=C1\CC[C@]2(C)[C@H]3CC[C@@]4(C)C(=O)CC[C@H]4[C@@H]3C[C@@H](O[Si](C)(C)c3ccccc3)[C@@H]2C1. The second-order valence-electron chi connectivity index (χ2n) is 12.3. The Balaban J connectivity index is 1.51. The summed E-state index contributed by atoms with van der Waals surface area (Å²) >= 11 is 0. The Hall–Kier alpha value is -1.19. The van der Waals surface area contributed by atoms with Crippen LogP contribution in [0.5, 0.6) is 0 Å². The summed E-state index contributed by atoms with van der Waals surface area (Å²) in [5.41, 5.74) is 1.91. The molecule has 0 spiro atoms. The van der Waals surface area contributed by atoms with Gasteiger partial charge < -0.3 is 4.43 Å². The van der Waals surface area contributed by atoms with Gasteiger partial charge in [-0.1, -0.05) is 55.8 Å². The molecular formula is C29H42O2Si. The first-order chi connectivity index (χ1) is 15.2. The molecule has 4 fully saturated rings. The summed E-state index contributed by atoms with van der Waals surface area (Å²) in [4.78, 5) is 12.9. The first kappa shape index (κ1) is 22.6. The van der Waals surface area contributed by atoms with Gasteiger partial charge in [0, 0.05) is 17.9 Å². The number of hydrogen-bond donors (Lipinski definition) is 0. The smallest absolute Gasteiger partial charge is 0.218 e. The van der Waals surface area contributed by atoms with E-state index in [1.165, 1.54) is 37.3 Å². The van der Waals surface area contributed by atoms with Gasteiger partial charge in [0.1, 0.15) is 5.78 Å². The van der Waals surface area contributed by atoms with E-state index in [9.17, 15) is 4.79 Å². The number of carbonyl (C=O) groups is 1. The molecule has 0 radical (unpaired) electrons. The fraction of sp³-hybridized carbons (Fsp3) is 0.690. The number of Topliss-reactive ketones (excluding diaryl/α,β-unsaturated/α-hetero) is 1. The summed E-state index contributed by atoms with van der Waals surface area (Å²) in [6, 6.07) is 11.0. The molecule has 0 bridgehead atoms. The maximum Gasteiger partial charge on any atom is 0.218 e. The van der Waals surface area contributed by atoms with Gasteiger partial charge in [0.2, 0.25) is 8.32 Å². The number of allylic oxidation sites excluding steroid dienone is 2. The fourth-order valence-corrected chi connectivity index (χ4v) is 10.7. The van der Waals surface area contributed by atoms with Crippen LogP contribution < -0.4 is 5.19 Å². The van der Waals surface area contributed by atoms with E-state index in [2.05, 4.69) is 70.3 Å². The van der Waals surface area contributed by atoms with Crippen LogP contribution in [0.25, 0.3) is 0 Å². The minimum Gasteiger partial charge on any atom is -0.410 e. The van der Waals surface area contributed by atoms with Crippen LogP contribution in [0.15, 0.2) is 42.0 Å². The Labute approximate surface area is 196 Å². The second-order valence-corrected chi connectivity index (χ2v) is 16.2. The van der Waals surface area contributed by atoms with E-state index >= 15 is 0 Å². The number of ketones is 1. The maximum atomic E-state index is 12.9. The molecule has 0 N–H and O–H groups in total. The molecular weight excluding hydrogens is 408 g/mol. The van der Waals surface area contributed by atoms with Crippen LogP contribution in [0.1, 0.15) is 72.1 Å². The number of fused-ring (bicyclic) bond motifs is 5. The van der Waals surface area contributed by atoms with Gasteiger partial charge in [0.05, 0.1) is 0 Å². The van der Waals surface area contributed by atoms with E-state index in [-0.39, 0.29) is 5.41 Å². The van der Waals surface area contributed by atoms with Crippen molar-refractivity contribution < 1.29 is 9.22 Å². The van der Waals surface area contributed by atoms with Crippen molar-refractivity contribution in [1.29, 1.82) is 0 Å². The van der Waals surface area contributed by atoms with Gasteiger partial charge in [-0.2, -0.15) is 0 Å². The average molecular weight is 451 g/mol. The lowest BCUT2D eigenvalue weighted by Crippen LogP contribution is -2.60. The highest BCUT2D eigenvalue weighted by Gasteiger charge is 2.62. The van der Waals surface area contributed by atoms with Gasteiger partial charge >= 0.3 is 0 Å². The van der Waals surface area contributed by atoms with Gasteiger partial charge in [0.25, 0.3) is 0 Å². The van der Waals surface area contributed by atoms with E-state index in [0.717, 1.165) is 25.2 Å². The van der Waals surface area contributed by atoms with Crippen LogP contribution >= 0.6 is 0 Å². The van der Waals surface area contributed by atoms with Crippen molar-refractivity contribution in [2.45, 2.75) is 91.3 Å². The predicted octanol–water partition coefficient (Wildman–Crippen LogP) is 6.65. The van der Waals surface area contributed by atoms with Gasteiger partial charge in [-0.25, -0.2) is 0 Å². The van der Waals surface area contributed by atoms with Gasteiger partial charge in [-0.3, -0.25) is 4.79 Å². The summed E-state index contributed by atoms with van der Waals surface area (Å²) in [5.74, 6) is 3.14. The minimum atomic E-state index is -2.02. The monoisotopic (exact) mass is 450 g/mol. The molecule has 0 saturated heterocycles. The van der Waals surface area contributed by atoms with E-state index in [4.69, 9.17) is 4.43 Å². The molecule has 3 heteroatoms. The van der Waals surface area contributed by atoms with Crippen LogP contribution in [-0.4, -0.2) is 20.2 Å². The lowest BCUT2D eigenvalue weighted by molar-refractivity contribution is -0.152. The molecule has 0 amide bonds. The third-order valence-corrected chi connectivity index (χ3v) is 13.2. The molecule has 2 nitrogen and oxygen atoms in total. The van der Waals surface area contributed by atoms with E-state index in [1.807, 2.05) is 0 Å². The zero-order valence-corrected chi connectivity index (χ0v) is 21.8. The highest BCUT2D eigenvalue weighted by atomic mass is 28.4. The van der Waals surface area contributed by atoms with Gasteiger partial charge in [-0.15, -0.1) is 0 Å². The van der Waals surface area contributed by atoms with E-state index < -0.39 is 8.32 Å². The Morgan fingerprint density at radius 3 is 2.47 bits per heavy atom. The summed E-state index contributed by atoms with van der Waals surface area (Å²) in [6.07, 6.45) is 11.9. The molecule has 0 aliphatic heterocycles. The molecule has 0 aromatic heterocycles. The Morgan fingerprint density at radius 1 is 1.00 bits per heavy atom. The molecule has 0 unspecified atom stereocenters. The third-order valence-electron chi connectivity index (χ3n) is 10.6. The molecule has 5 rings (SSSR count). The maximum absolute atomic E-state index is 12.9. The molecule has 0 heterocycles. The zero-order valence-electron chi connectivity index (χ0n) is 20.8. The van der Waals surface area contributed by atoms with Crippen LogP contribution in [0.2, 0.25) is 13.1 Å². The molecule has 1 aromatic carbocycles. The van der Waals surface area contributed by atoms with Crippen molar-refractivity contribution in [2.75, 3.05) is 0 Å². The molecule has 174 valence electrons. The van der Waals surface area contributed by atoms with Crippen molar-refractivity contribution in [1.82, 2.24) is 0 Å². The highest BCUT2D eigenvalue weighted by molar-refractivity contribution is 6.84. The number of hydrogen-bond acceptors (Lipinski definition) is 2. The first-order valence-corrected chi connectivity index (χ1v) is 16.0. The van der Waals surface area contributed by atoms with E-state index in [0.29, 0.717) is 35.1 Å². The first-order valence-electron chi connectivity index (χ1n) is 13.1. The highest BCUT2D eigenvalue weighted by Crippen LogP contribution is 2.66. The predicted molar refractivity (Wildman–Crippen MR) is 134 cm³/mol. The van der Waals surface area contributed by atoms with Gasteiger partial charge in [-0.05, 0) is 99.2 Å². The lowest BCUT2D eigenvalue weighted by Gasteiger charge is -2.62. The van der Waals surface area contributed by atoms with Crippen molar-refractivity contribution in [3.8, 4) is 0 Å². The van der Waals surface area contributed by atoms with Gasteiger partial charge in [0.15, 0.2) is 0 Å². The number of rotatable bonds is 3. The van der Waals surface area contributed by atoms with Crippen LogP contribution in [0.4, 0.5) is 0 Å². The standard InChI is InChI=1S/C29H42O2Si/c1-6-20-14-16-28(2)24-15-17-29(3)23(12-13-27(29)30)22(24)19-26(25(28)18-20)31-32(4,5)21-10-8-7-9-11-21/h6-11,22-26H,12-19H2,1-5H3/b20-6+/t22-,23-,24-,25-,26+,28+,29+/m0/s1. The topological polar surface area (TPSA) is 26.3 Å². The Bertz CT molecular complexity index is 905. The minimum absolute atomic E-state index is 0.0650. The zero-order chi connectivity index (χ0) is 22.7. The molecule has 7 atom stereocenters. The quantitative estimate of drug-likeness (QED) is 0.380. The third kappa shape index (κ3) is 3.41. The van der Waals surface area contributed by atoms with Crippen molar-refractivity contribution in [3.05, 3.63) is 42.0 Å². The summed E-state index contributed by atoms with van der Waals surface area (Å²) < 4.78 is 7.28.